The van der Waals surface area contributed by atoms with E-state index >= 15 is 0 Å². The molecule has 0 bridgehead atoms. The van der Waals surface area contributed by atoms with E-state index < -0.39 is 0 Å². The smallest absolute Gasteiger partial charge is 0.310 e. The molecule has 0 aliphatic carbocycles. The lowest BCUT2D eigenvalue weighted by atomic mass is 10.2. The molecule has 0 atom stereocenters. The van der Waals surface area contributed by atoms with Crippen LogP contribution in [0.15, 0.2) is 12.1 Å². The van der Waals surface area contributed by atoms with Crippen LogP contribution in [0.2, 0.25) is 0 Å². The first kappa shape index (κ1) is 11.2. The summed E-state index contributed by atoms with van der Waals surface area (Å²) >= 11 is 1.72. The fraction of sp³-hybridized carbons (Fsp3) is 0.545. The van der Waals surface area contributed by atoms with E-state index in [2.05, 4.69) is 17.7 Å². The zero-order chi connectivity index (χ0) is 10.4. The van der Waals surface area contributed by atoms with Crippen molar-refractivity contribution in [2.45, 2.75) is 32.6 Å². The minimum Gasteiger partial charge on any atom is -0.469 e. The topological polar surface area (TPSA) is 26.3 Å². The Morgan fingerprint density at radius 2 is 2.14 bits per heavy atom. The molecule has 0 spiro atoms. The van der Waals surface area contributed by atoms with Gasteiger partial charge in [-0.1, -0.05) is 13.3 Å². The summed E-state index contributed by atoms with van der Waals surface area (Å²) in [4.78, 5) is 13.5. The number of aryl methyl sites for hydroxylation is 1. The Morgan fingerprint density at radius 3 is 2.79 bits per heavy atom. The van der Waals surface area contributed by atoms with Crippen LogP contribution < -0.4 is 0 Å². The summed E-state index contributed by atoms with van der Waals surface area (Å²) in [6.45, 7) is 2.18. The van der Waals surface area contributed by atoms with Crippen LogP contribution in [-0.2, 0) is 22.4 Å². The number of ether oxygens (including phenoxy) is 1. The van der Waals surface area contributed by atoms with Gasteiger partial charge in [0.25, 0.3) is 0 Å². The molecule has 0 radical (unpaired) electrons. The van der Waals surface area contributed by atoms with Crippen LogP contribution in [0, 0.1) is 0 Å². The van der Waals surface area contributed by atoms with E-state index in [1.807, 2.05) is 6.07 Å². The molecule has 0 unspecified atom stereocenters. The van der Waals surface area contributed by atoms with Crippen LogP contribution >= 0.6 is 11.3 Å². The van der Waals surface area contributed by atoms with Gasteiger partial charge in [-0.25, -0.2) is 0 Å². The minimum atomic E-state index is -0.158. The molecule has 2 nitrogen and oxygen atoms in total. The third kappa shape index (κ3) is 3.50. The maximum absolute atomic E-state index is 11.0. The molecule has 0 aliphatic rings. The average molecular weight is 212 g/mol. The Kier molecular flexibility index (Phi) is 4.66. The number of hydrogen-bond acceptors (Lipinski definition) is 3. The molecule has 0 saturated heterocycles. The first-order valence-corrected chi connectivity index (χ1v) is 5.72. The highest BCUT2D eigenvalue weighted by Crippen LogP contribution is 2.19. The van der Waals surface area contributed by atoms with Crippen molar-refractivity contribution in [3.8, 4) is 0 Å². The van der Waals surface area contributed by atoms with Crippen molar-refractivity contribution in [2.24, 2.45) is 0 Å². The molecule has 14 heavy (non-hydrogen) atoms. The van der Waals surface area contributed by atoms with Gasteiger partial charge in [0, 0.05) is 9.75 Å². The lowest BCUT2D eigenvalue weighted by Crippen LogP contribution is -2.02. The summed E-state index contributed by atoms with van der Waals surface area (Å²) in [6.07, 6.45) is 3.97. The second-order valence-corrected chi connectivity index (χ2v) is 4.48. The van der Waals surface area contributed by atoms with E-state index in [1.54, 1.807) is 11.3 Å². The molecule has 1 heterocycles. The van der Waals surface area contributed by atoms with Crippen LogP contribution in [0.1, 0.15) is 29.5 Å². The van der Waals surface area contributed by atoms with Gasteiger partial charge in [-0.15, -0.1) is 11.3 Å². The largest absolute Gasteiger partial charge is 0.469 e. The third-order valence-electron chi connectivity index (χ3n) is 2.04. The minimum absolute atomic E-state index is 0.158. The number of hydrogen-bond donors (Lipinski definition) is 0. The highest BCUT2D eigenvalue weighted by Gasteiger charge is 2.05. The highest BCUT2D eigenvalue weighted by molar-refractivity contribution is 7.12. The van der Waals surface area contributed by atoms with Crippen LogP contribution in [-0.4, -0.2) is 13.1 Å². The summed E-state index contributed by atoms with van der Waals surface area (Å²) < 4.78 is 4.61. The molecule has 3 heteroatoms. The SMILES string of the molecule is CCCCc1ccc(CC(=O)OC)s1. The van der Waals surface area contributed by atoms with E-state index in [1.165, 1.54) is 24.8 Å². The van der Waals surface area contributed by atoms with Gasteiger partial charge in [0.15, 0.2) is 0 Å². The molecular formula is C11H16O2S. The second-order valence-electron chi connectivity index (χ2n) is 3.22. The Bertz CT molecular complexity index is 291. The molecule has 1 aromatic rings. The van der Waals surface area contributed by atoms with Gasteiger partial charge in [0.05, 0.1) is 13.5 Å². The second kappa shape index (κ2) is 5.81. The molecule has 1 aromatic heterocycles. The molecule has 0 saturated carbocycles. The number of methoxy groups -OCH3 is 1. The molecule has 0 N–H and O–H groups in total. The number of carbonyl (C=O) groups excluding carboxylic acids is 1. The Hall–Kier alpha value is -0.830. The lowest BCUT2D eigenvalue weighted by molar-refractivity contribution is -0.139. The Labute approximate surface area is 88.9 Å². The summed E-state index contributed by atoms with van der Waals surface area (Å²) in [5, 5.41) is 0. The van der Waals surface area contributed by atoms with E-state index in [0.29, 0.717) is 6.42 Å². The van der Waals surface area contributed by atoms with Crippen molar-refractivity contribution in [1.29, 1.82) is 0 Å². The number of thiophene rings is 1. The van der Waals surface area contributed by atoms with Gasteiger partial charge < -0.3 is 4.74 Å². The zero-order valence-electron chi connectivity index (χ0n) is 8.71. The van der Waals surface area contributed by atoms with Gasteiger partial charge in [-0.2, -0.15) is 0 Å². The quantitative estimate of drug-likeness (QED) is 0.701. The van der Waals surface area contributed by atoms with Crippen LogP contribution in [0.5, 0.6) is 0 Å². The first-order chi connectivity index (χ1) is 6.76. The fourth-order valence-corrected chi connectivity index (χ4v) is 2.26. The monoisotopic (exact) mass is 212 g/mol. The molecule has 0 amide bonds. The van der Waals surface area contributed by atoms with E-state index in [4.69, 9.17) is 0 Å². The molecule has 0 fully saturated rings. The fourth-order valence-electron chi connectivity index (χ4n) is 1.22. The predicted octanol–water partition coefficient (Wildman–Crippen LogP) is 2.81. The number of rotatable bonds is 5. The molecule has 0 aliphatic heterocycles. The first-order valence-electron chi connectivity index (χ1n) is 4.90. The van der Waals surface area contributed by atoms with Crippen molar-refractivity contribution in [3.05, 3.63) is 21.9 Å². The number of esters is 1. The highest BCUT2D eigenvalue weighted by atomic mass is 32.1. The zero-order valence-corrected chi connectivity index (χ0v) is 9.52. The molecular weight excluding hydrogens is 196 g/mol. The summed E-state index contributed by atoms with van der Waals surface area (Å²) in [5.74, 6) is -0.158. The predicted molar refractivity (Wildman–Crippen MR) is 58.7 cm³/mol. The lowest BCUT2D eigenvalue weighted by Gasteiger charge is -1.95. The van der Waals surface area contributed by atoms with Gasteiger partial charge in [0.2, 0.25) is 0 Å². The standard InChI is InChI=1S/C11H16O2S/c1-3-4-5-9-6-7-10(14-9)8-11(12)13-2/h6-7H,3-5,8H2,1-2H3. The van der Waals surface area contributed by atoms with Crippen molar-refractivity contribution in [3.63, 3.8) is 0 Å². The molecule has 1 rings (SSSR count). The Morgan fingerprint density at radius 1 is 1.43 bits per heavy atom. The number of carbonyl (C=O) groups is 1. The van der Waals surface area contributed by atoms with Crippen molar-refractivity contribution in [1.82, 2.24) is 0 Å². The third-order valence-corrected chi connectivity index (χ3v) is 3.19. The van der Waals surface area contributed by atoms with E-state index in [-0.39, 0.29) is 5.97 Å². The Balaban J connectivity index is 2.46. The van der Waals surface area contributed by atoms with Gasteiger partial charge in [0.1, 0.15) is 0 Å². The van der Waals surface area contributed by atoms with Crippen molar-refractivity contribution < 1.29 is 9.53 Å². The van der Waals surface area contributed by atoms with E-state index in [0.717, 1.165) is 11.3 Å². The summed E-state index contributed by atoms with van der Waals surface area (Å²) in [6, 6.07) is 4.13. The molecule has 0 aromatic carbocycles. The number of unbranched alkanes of at least 4 members (excludes halogenated alkanes) is 1. The van der Waals surface area contributed by atoms with Crippen LogP contribution in [0.4, 0.5) is 0 Å². The van der Waals surface area contributed by atoms with Gasteiger partial charge in [-0.3, -0.25) is 4.79 Å². The maximum atomic E-state index is 11.0. The summed E-state index contributed by atoms with van der Waals surface area (Å²) in [5.41, 5.74) is 0. The van der Waals surface area contributed by atoms with E-state index in [9.17, 15) is 4.79 Å². The van der Waals surface area contributed by atoms with Crippen LogP contribution in [0.25, 0.3) is 0 Å². The maximum Gasteiger partial charge on any atom is 0.310 e. The molecule has 78 valence electrons. The van der Waals surface area contributed by atoms with Gasteiger partial charge in [-0.05, 0) is 25.0 Å². The van der Waals surface area contributed by atoms with Crippen molar-refractivity contribution in [2.75, 3.05) is 7.11 Å². The normalized spacial score (nSPS) is 10.1. The van der Waals surface area contributed by atoms with Gasteiger partial charge >= 0.3 is 5.97 Å². The van der Waals surface area contributed by atoms with Crippen LogP contribution in [0.3, 0.4) is 0 Å². The summed E-state index contributed by atoms with van der Waals surface area (Å²) in [7, 11) is 1.42. The average Bonchev–Trinajstić information content (AvgIpc) is 2.62. The van der Waals surface area contributed by atoms with Crippen molar-refractivity contribution >= 4 is 17.3 Å².